The van der Waals surface area contributed by atoms with E-state index in [-0.39, 0.29) is 28.7 Å². The summed E-state index contributed by atoms with van der Waals surface area (Å²) in [6.07, 6.45) is 0. The number of nitro benzene ring substituents is 1. The number of anilines is 1. The first kappa shape index (κ1) is 20.3. The molecule has 13 nitrogen and oxygen atoms in total. The number of amides is 1. The van der Waals surface area contributed by atoms with Gasteiger partial charge in [-0.05, 0) is 17.2 Å². The molecule has 0 saturated carbocycles. The van der Waals surface area contributed by atoms with Crippen LogP contribution in [0, 0.1) is 10.1 Å². The summed E-state index contributed by atoms with van der Waals surface area (Å²) in [7, 11) is 0. The fourth-order valence-electron chi connectivity index (χ4n) is 2.86. The number of nitrogens with one attached hydrogen (secondary N) is 1. The number of nitrogen functional groups attached to an aromatic ring is 1. The summed E-state index contributed by atoms with van der Waals surface area (Å²) in [5, 5.41) is 30.3. The minimum atomic E-state index is -0.666. The molecule has 0 saturated heterocycles. The molecule has 0 fully saturated rings. The third kappa shape index (κ3) is 3.89. The summed E-state index contributed by atoms with van der Waals surface area (Å²) in [5.41, 5.74) is 9.79. The molecule has 4 rings (SSSR count). The molecular formula is C19H15N9O4. The van der Waals surface area contributed by atoms with E-state index >= 15 is 0 Å². The van der Waals surface area contributed by atoms with Crippen molar-refractivity contribution in [3.8, 4) is 17.1 Å². The molecule has 160 valence electrons. The van der Waals surface area contributed by atoms with Crippen LogP contribution in [0.3, 0.4) is 0 Å². The van der Waals surface area contributed by atoms with E-state index in [1.807, 2.05) is 6.07 Å². The number of rotatable bonds is 6. The number of nitrogens with two attached hydrogens (primary N) is 1. The molecular weight excluding hydrogens is 418 g/mol. The van der Waals surface area contributed by atoms with E-state index in [2.05, 4.69) is 35.8 Å². The Kier molecular flexibility index (Phi) is 5.36. The number of hydrogen-bond donors (Lipinski definition) is 2. The SMILES string of the molecule is CC(=NNC(=O)c1c(-c2ccccc2)nnn1-c1nonc1N)c1cccc([N+](=O)[O-])c1. The van der Waals surface area contributed by atoms with Crippen LogP contribution >= 0.6 is 0 Å². The smallest absolute Gasteiger partial charge is 0.292 e. The lowest BCUT2D eigenvalue weighted by Crippen LogP contribution is -2.23. The Morgan fingerprint density at radius 3 is 2.66 bits per heavy atom. The standard InChI is InChI=1S/C19H15N9O4/c1-11(13-8-5-9-14(10-13)28(30)31)21-23-19(29)16-15(12-6-3-2-4-7-12)22-26-27(16)18-17(20)24-32-25-18/h2-10H,1H3,(H2,20,24)(H,23,29). The van der Waals surface area contributed by atoms with Gasteiger partial charge in [0.15, 0.2) is 5.69 Å². The Hall–Kier alpha value is -4.94. The maximum absolute atomic E-state index is 13.1. The van der Waals surface area contributed by atoms with Gasteiger partial charge in [0.05, 0.1) is 10.6 Å². The highest BCUT2D eigenvalue weighted by Crippen LogP contribution is 2.24. The van der Waals surface area contributed by atoms with Gasteiger partial charge in [-0.2, -0.15) is 9.78 Å². The first-order valence-electron chi connectivity index (χ1n) is 9.14. The van der Waals surface area contributed by atoms with Crippen molar-refractivity contribution in [3.63, 3.8) is 0 Å². The second-order valence-electron chi connectivity index (χ2n) is 6.48. The number of nitrogens with zero attached hydrogens (tertiary/aromatic N) is 7. The molecule has 0 unspecified atom stereocenters. The lowest BCUT2D eigenvalue weighted by Gasteiger charge is -2.06. The van der Waals surface area contributed by atoms with Crippen LogP contribution in [0.25, 0.3) is 17.1 Å². The van der Waals surface area contributed by atoms with E-state index in [1.165, 1.54) is 18.2 Å². The zero-order chi connectivity index (χ0) is 22.7. The molecule has 0 aliphatic carbocycles. The van der Waals surface area contributed by atoms with Crippen molar-refractivity contribution in [3.05, 3.63) is 76.0 Å². The van der Waals surface area contributed by atoms with Gasteiger partial charge in [0, 0.05) is 23.3 Å². The van der Waals surface area contributed by atoms with Crippen LogP contribution in [0.5, 0.6) is 0 Å². The Labute approximate surface area is 179 Å². The largest absolute Gasteiger partial charge is 0.378 e. The van der Waals surface area contributed by atoms with Crippen LogP contribution in [0.1, 0.15) is 23.0 Å². The van der Waals surface area contributed by atoms with E-state index in [1.54, 1.807) is 37.3 Å². The summed E-state index contributed by atoms with van der Waals surface area (Å²) in [6, 6.07) is 14.8. The summed E-state index contributed by atoms with van der Waals surface area (Å²) in [6.45, 7) is 1.60. The molecule has 32 heavy (non-hydrogen) atoms. The molecule has 2 heterocycles. The number of carbonyl (C=O) groups excluding carboxylic acids is 1. The van der Waals surface area contributed by atoms with E-state index < -0.39 is 10.8 Å². The van der Waals surface area contributed by atoms with Crippen molar-refractivity contribution < 1.29 is 14.3 Å². The zero-order valence-electron chi connectivity index (χ0n) is 16.5. The fraction of sp³-hybridized carbons (Fsp3) is 0.0526. The predicted octanol–water partition coefficient (Wildman–Crippen LogP) is 1.96. The maximum atomic E-state index is 13.1. The minimum absolute atomic E-state index is 0.00538. The summed E-state index contributed by atoms with van der Waals surface area (Å²) in [5.74, 6) is -0.759. The van der Waals surface area contributed by atoms with Gasteiger partial charge >= 0.3 is 0 Å². The first-order valence-corrected chi connectivity index (χ1v) is 9.14. The predicted molar refractivity (Wildman–Crippen MR) is 112 cm³/mol. The van der Waals surface area contributed by atoms with Crippen LogP contribution < -0.4 is 11.2 Å². The molecule has 0 bridgehead atoms. The molecule has 2 aromatic heterocycles. The Morgan fingerprint density at radius 2 is 1.97 bits per heavy atom. The average Bonchev–Trinajstić information content (AvgIpc) is 3.43. The van der Waals surface area contributed by atoms with Gasteiger partial charge in [0.2, 0.25) is 11.6 Å². The zero-order valence-corrected chi connectivity index (χ0v) is 16.5. The van der Waals surface area contributed by atoms with Crippen molar-refractivity contribution in [2.75, 3.05) is 5.73 Å². The molecule has 2 aromatic carbocycles. The van der Waals surface area contributed by atoms with Crippen LogP contribution in [-0.4, -0.2) is 41.8 Å². The minimum Gasteiger partial charge on any atom is -0.378 e. The highest BCUT2D eigenvalue weighted by molar-refractivity contribution is 6.02. The monoisotopic (exact) mass is 433 g/mol. The van der Waals surface area contributed by atoms with Crippen LogP contribution in [0.4, 0.5) is 11.5 Å². The van der Waals surface area contributed by atoms with Gasteiger partial charge in [-0.1, -0.05) is 47.7 Å². The van der Waals surface area contributed by atoms with E-state index in [4.69, 9.17) is 5.73 Å². The van der Waals surface area contributed by atoms with Gasteiger partial charge in [-0.25, -0.2) is 10.1 Å². The van der Waals surface area contributed by atoms with E-state index in [9.17, 15) is 14.9 Å². The number of hydrazone groups is 1. The summed E-state index contributed by atoms with van der Waals surface area (Å²) < 4.78 is 5.71. The number of carbonyl (C=O) groups is 1. The molecule has 0 aliphatic rings. The molecule has 1 amide bonds. The summed E-state index contributed by atoms with van der Waals surface area (Å²) in [4.78, 5) is 23.6. The average molecular weight is 433 g/mol. The van der Waals surface area contributed by atoms with Crippen LogP contribution in [0.15, 0.2) is 64.3 Å². The highest BCUT2D eigenvalue weighted by atomic mass is 16.6. The van der Waals surface area contributed by atoms with Crippen LogP contribution in [0.2, 0.25) is 0 Å². The number of nitro groups is 1. The van der Waals surface area contributed by atoms with Crippen molar-refractivity contribution in [1.82, 2.24) is 30.7 Å². The number of aromatic nitrogens is 5. The molecule has 0 spiro atoms. The highest BCUT2D eigenvalue weighted by Gasteiger charge is 2.26. The van der Waals surface area contributed by atoms with E-state index in [0.717, 1.165) is 4.68 Å². The first-order chi connectivity index (χ1) is 15.5. The molecule has 0 atom stereocenters. The van der Waals surface area contributed by atoms with Gasteiger partial charge in [-0.15, -0.1) is 5.10 Å². The Bertz CT molecular complexity index is 1330. The van der Waals surface area contributed by atoms with Crippen molar-refractivity contribution >= 4 is 23.1 Å². The molecule has 3 N–H and O–H groups in total. The topological polar surface area (TPSA) is 180 Å². The normalized spacial score (nSPS) is 11.3. The van der Waals surface area contributed by atoms with Crippen molar-refractivity contribution in [2.45, 2.75) is 6.92 Å². The Balaban J connectivity index is 1.70. The van der Waals surface area contributed by atoms with Crippen molar-refractivity contribution in [2.24, 2.45) is 5.10 Å². The molecule has 13 heteroatoms. The third-order valence-electron chi connectivity index (χ3n) is 4.43. The second-order valence-corrected chi connectivity index (χ2v) is 6.48. The fourth-order valence-corrected chi connectivity index (χ4v) is 2.86. The maximum Gasteiger partial charge on any atom is 0.292 e. The molecule has 0 radical (unpaired) electrons. The number of hydrogen-bond acceptors (Lipinski definition) is 10. The third-order valence-corrected chi connectivity index (χ3v) is 4.43. The van der Waals surface area contributed by atoms with Gasteiger partial charge < -0.3 is 5.73 Å². The molecule has 0 aliphatic heterocycles. The number of benzene rings is 2. The summed E-state index contributed by atoms with van der Waals surface area (Å²) >= 11 is 0. The lowest BCUT2D eigenvalue weighted by molar-refractivity contribution is -0.384. The van der Waals surface area contributed by atoms with Crippen molar-refractivity contribution in [1.29, 1.82) is 0 Å². The van der Waals surface area contributed by atoms with Gasteiger partial charge in [0.25, 0.3) is 11.6 Å². The van der Waals surface area contributed by atoms with Gasteiger partial charge in [0.1, 0.15) is 5.69 Å². The Morgan fingerprint density at radius 1 is 1.19 bits per heavy atom. The van der Waals surface area contributed by atoms with Gasteiger partial charge in [-0.3, -0.25) is 14.9 Å². The second kappa shape index (κ2) is 8.43. The quantitative estimate of drug-likeness (QED) is 0.261. The van der Waals surface area contributed by atoms with Crippen LogP contribution in [-0.2, 0) is 0 Å². The van der Waals surface area contributed by atoms with E-state index in [0.29, 0.717) is 16.8 Å². The molecule has 4 aromatic rings. The number of non-ortho nitro benzene ring substituents is 1. The lowest BCUT2D eigenvalue weighted by atomic mass is 10.1.